The van der Waals surface area contributed by atoms with Gasteiger partial charge in [-0.2, -0.15) is 13.2 Å². The first kappa shape index (κ1) is 10.3. The summed E-state index contributed by atoms with van der Waals surface area (Å²) in [6.45, 7) is 0. The van der Waals surface area contributed by atoms with Crippen LogP contribution in [0.25, 0.3) is 0 Å². The van der Waals surface area contributed by atoms with E-state index < -0.39 is 12.6 Å². The highest BCUT2D eigenvalue weighted by molar-refractivity contribution is 6.17. The van der Waals surface area contributed by atoms with Gasteiger partial charge in [-0.25, -0.2) is 0 Å². The van der Waals surface area contributed by atoms with E-state index in [2.05, 4.69) is 4.98 Å². The summed E-state index contributed by atoms with van der Waals surface area (Å²) in [4.78, 5) is 3.75. The molecule has 0 saturated heterocycles. The standard InChI is InChI=1S/C8H7ClF3N/c9-5-7-6(2-1-3-13-7)4-8(10,11)12/h1-3H,4-5H2. The van der Waals surface area contributed by atoms with Crippen LogP contribution in [-0.4, -0.2) is 11.2 Å². The largest absolute Gasteiger partial charge is 0.393 e. The normalized spacial score (nSPS) is 11.7. The number of aromatic nitrogens is 1. The SMILES string of the molecule is FC(F)(F)Cc1cccnc1CCl. The smallest absolute Gasteiger partial charge is 0.260 e. The maximum Gasteiger partial charge on any atom is 0.393 e. The summed E-state index contributed by atoms with van der Waals surface area (Å²) < 4.78 is 36.0. The zero-order valence-corrected chi connectivity index (χ0v) is 7.36. The summed E-state index contributed by atoms with van der Waals surface area (Å²) in [5.74, 6) is 0.00620. The lowest BCUT2D eigenvalue weighted by molar-refractivity contribution is -0.127. The van der Waals surface area contributed by atoms with Crippen LogP contribution in [0.4, 0.5) is 13.2 Å². The molecule has 1 rings (SSSR count). The van der Waals surface area contributed by atoms with Crippen LogP contribution in [0.15, 0.2) is 18.3 Å². The van der Waals surface area contributed by atoms with E-state index in [0.717, 1.165) is 0 Å². The van der Waals surface area contributed by atoms with Crippen molar-refractivity contribution in [2.45, 2.75) is 18.5 Å². The van der Waals surface area contributed by atoms with Crippen molar-refractivity contribution < 1.29 is 13.2 Å². The van der Waals surface area contributed by atoms with E-state index in [4.69, 9.17) is 11.6 Å². The van der Waals surface area contributed by atoms with E-state index in [0.29, 0.717) is 5.69 Å². The Labute approximate surface area is 78.5 Å². The Hall–Kier alpha value is -0.770. The fourth-order valence-corrected chi connectivity index (χ4v) is 1.21. The maximum absolute atomic E-state index is 12.0. The third-order valence-corrected chi connectivity index (χ3v) is 1.76. The predicted molar refractivity (Wildman–Crippen MR) is 43.6 cm³/mol. The Morgan fingerprint density at radius 1 is 1.38 bits per heavy atom. The lowest BCUT2D eigenvalue weighted by Crippen LogP contribution is -2.13. The van der Waals surface area contributed by atoms with Gasteiger partial charge < -0.3 is 0 Å². The van der Waals surface area contributed by atoms with Crippen LogP contribution >= 0.6 is 11.6 Å². The summed E-state index contributed by atoms with van der Waals surface area (Å²) in [5, 5.41) is 0. The summed E-state index contributed by atoms with van der Waals surface area (Å²) >= 11 is 5.43. The molecular weight excluding hydrogens is 203 g/mol. The maximum atomic E-state index is 12.0. The summed E-state index contributed by atoms with van der Waals surface area (Å²) in [6.07, 6.45) is -3.75. The fraction of sp³-hybridized carbons (Fsp3) is 0.375. The molecular formula is C8H7ClF3N. The van der Waals surface area contributed by atoms with Crippen molar-refractivity contribution >= 4 is 11.6 Å². The van der Waals surface area contributed by atoms with Gasteiger partial charge in [-0.3, -0.25) is 4.98 Å². The van der Waals surface area contributed by atoms with Gasteiger partial charge in [-0.15, -0.1) is 11.6 Å². The van der Waals surface area contributed by atoms with Crippen molar-refractivity contribution in [2.24, 2.45) is 0 Å². The summed E-state index contributed by atoms with van der Waals surface area (Å²) in [5.41, 5.74) is 0.437. The van der Waals surface area contributed by atoms with E-state index >= 15 is 0 Å². The first-order valence-corrected chi connectivity index (χ1v) is 4.12. The minimum absolute atomic E-state index is 0.00620. The van der Waals surface area contributed by atoms with Crippen LogP contribution in [0.1, 0.15) is 11.3 Å². The number of halogens is 4. The Kier molecular flexibility index (Phi) is 3.14. The van der Waals surface area contributed by atoms with Crippen molar-refractivity contribution in [1.29, 1.82) is 0 Å². The van der Waals surface area contributed by atoms with Crippen LogP contribution in [0.3, 0.4) is 0 Å². The minimum Gasteiger partial charge on any atom is -0.260 e. The Morgan fingerprint density at radius 2 is 2.08 bits per heavy atom. The molecule has 0 saturated carbocycles. The quantitative estimate of drug-likeness (QED) is 0.683. The van der Waals surface area contributed by atoms with Gasteiger partial charge >= 0.3 is 6.18 Å². The van der Waals surface area contributed by atoms with Gasteiger partial charge in [0, 0.05) is 6.20 Å². The number of hydrogen-bond acceptors (Lipinski definition) is 1. The second-order valence-corrected chi connectivity index (χ2v) is 2.80. The van der Waals surface area contributed by atoms with Crippen molar-refractivity contribution in [3.05, 3.63) is 29.6 Å². The molecule has 0 aliphatic rings. The highest BCUT2D eigenvalue weighted by Crippen LogP contribution is 2.22. The van der Waals surface area contributed by atoms with Crippen LogP contribution in [0, 0.1) is 0 Å². The molecule has 1 aromatic rings. The average Bonchev–Trinajstić information content (AvgIpc) is 2.02. The molecule has 0 aromatic carbocycles. The molecule has 1 heterocycles. The van der Waals surface area contributed by atoms with Crippen molar-refractivity contribution in [3.8, 4) is 0 Å². The van der Waals surface area contributed by atoms with Crippen LogP contribution < -0.4 is 0 Å². The zero-order valence-electron chi connectivity index (χ0n) is 6.61. The molecule has 0 atom stereocenters. The van der Waals surface area contributed by atoms with Crippen molar-refractivity contribution in [2.75, 3.05) is 0 Å². The Bertz CT molecular complexity index is 285. The third-order valence-electron chi connectivity index (χ3n) is 1.50. The highest BCUT2D eigenvalue weighted by atomic mass is 35.5. The molecule has 0 aliphatic carbocycles. The lowest BCUT2D eigenvalue weighted by Gasteiger charge is -2.08. The molecule has 1 aromatic heterocycles. The van der Waals surface area contributed by atoms with Gasteiger partial charge in [-0.05, 0) is 11.6 Å². The first-order valence-electron chi connectivity index (χ1n) is 3.58. The number of alkyl halides is 4. The molecule has 0 amide bonds. The number of pyridine rings is 1. The highest BCUT2D eigenvalue weighted by Gasteiger charge is 2.28. The number of nitrogens with zero attached hydrogens (tertiary/aromatic N) is 1. The Balaban J connectivity index is 2.87. The topological polar surface area (TPSA) is 12.9 Å². The second kappa shape index (κ2) is 3.96. The van der Waals surface area contributed by atoms with Gasteiger partial charge in [0.2, 0.25) is 0 Å². The molecule has 13 heavy (non-hydrogen) atoms. The van der Waals surface area contributed by atoms with Crippen LogP contribution in [0.2, 0.25) is 0 Å². The monoisotopic (exact) mass is 209 g/mol. The second-order valence-electron chi connectivity index (χ2n) is 2.53. The molecule has 0 bridgehead atoms. The number of rotatable bonds is 2. The van der Waals surface area contributed by atoms with Gasteiger partial charge in [-0.1, -0.05) is 6.07 Å². The molecule has 0 unspecified atom stereocenters. The Morgan fingerprint density at radius 3 is 2.62 bits per heavy atom. The van der Waals surface area contributed by atoms with E-state index in [9.17, 15) is 13.2 Å². The molecule has 0 fully saturated rings. The van der Waals surface area contributed by atoms with E-state index in [1.807, 2.05) is 0 Å². The minimum atomic E-state index is -4.20. The molecule has 1 nitrogen and oxygen atoms in total. The van der Waals surface area contributed by atoms with Crippen molar-refractivity contribution in [1.82, 2.24) is 4.98 Å². The molecule has 0 radical (unpaired) electrons. The van der Waals surface area contributed by atoms with Gasteiger partial charge in [0.05, 0.1) is 18.0 Å². The fourth-order valence-electron chi connectivity index (χ4n) is 0.969. The van der Waals surface area contributed by atoms with Crippen LogP contribution in [-0.2, 0) is 12.3 Å². The predicted octanol–water partition coefficient (Wildman–Crippen LogP) is 2.93. The van der Waals surface area contributed by atoms with Gasteiger partial charge in [0.1, 0.15) is 0 Å². The van der Waals surface area contributed by atoms with Crippen LogP contribution in [0.5, 0.6) is 0 Å². The summed E-state index contributed by atoms with van der Waals surface area (Å²) in [7, 11) is 0. The van der Waals surface area contributed by atoms with Crippen molar-refractivity contribution in [3.63, 3.8) is 0 Å². The third kappa shape index (κ3) is 3.22. The lowest BCUT2D eigenvalue weighted by atomic mass is 10.1. The first-order chi connectivity index (χ1) is 6.03. The van der Waals surface area contributed by atoms with Gasteiger partial charge in [0.15, 0.2) is 0 Å². The van der Waals surface area contributed by atoms with Gasteiger partial charge in [0.25, 0.3) is 0 Å². The molecule has 0 N–H and O–H groups in total. The molecule has 72 valence electrons. The van der Waals surface area contributed by atoms with E-state index in [1.54, 1.807) is 0 Å². The molecule has 0 aliphatic heterocycles. The van der Waals surface area contributed by atoms with E-state index in [1.165, 1.54) is 18.3 Å². The number of hydrogen-bond donors (Lipinski definition) is 0. The zero-order chi connectivity index (χ0) is 9.90. The molecule has 0 spiro atoms. The average molecular weight is 210 g/mol. The molecule has 5 heteroatoms. The van der Waals surface area contributed by atoms with E-state index in [-0.39, 0.29) is 11.4 Å². The summed E-state index contributed by atoms with van der Waals surface area (Å²) in [6, 6.07) is 2.86.